The molecular formula is C23H29N7O7S. The molecule has 14 nitrogen and oxygen atoms in total. The molecule has 0 bridgehead atoms. The summed E-state index contributed by atoms with van der Waals surface area (Å²) in [5, 5.41) is 20.8. The molecule has 8 N–H and O–H groups in total. The molecular weight excluding hydrogens is 518 g/mol. The number of benzene rings is 1. The van der Waals surface area contributed by atoms with E-state index < -0.39 is 12.2 Å². The molecule has 204 valence electrons. The summed E-state index contributed by atoms with van der Waals surface area (Å²) in [6, 6.07) is 7.25. The molecule has 1 aromatic carbocycles. The van der Waals surface area contributed by atoms with E-state index in [1.165, 1.54) is 6.92 Å². The number of amides is 5. The molecule has 1 saturated heterocycles. The monoisotopic (exact) mass is 547 g/mol. The van der Waals surface area contributed by atoms with Crippen molar-refractivity contribution in [1.29, 1.82) is 0 Å². The maximum Gasteiger partial charge on any atom is 0.409 e. The SMILES string of the molecule is CC(=O)Nc1nc(CCc2ccc(N=CNC(=O)O)cc2)c(C(=O)N2CCC(C(N)=O)CC2)s1.NC(=O)O. The number of nitrogens with two attached hydrogens (primary N) is 2. The summed E-state index contributed by atoms with van der Waals surface area (Å²) in [7, 11) is 0. The van der Waals surface area contributed by atoms with Gasteiger partial charge in [-0.2, -0.15) is 0 Å². The minimum atomic E-state index is -1.33. The van der Waals surface area contributed by atoms with Gasteiger partial charge in [0.25, 0.3) is 5.91 Å². The van der Waals surface area contributed by atoms with Crippen molar-refractivity contribution in [3.63, 3.8) is 0 Å². The van der Waals surface area contributed by atoms with Gasteiger partial charge in [-0.1, -0.05) is 23.5 Å². The number of carbonyl (C=O) groups excluding carboxylic acids is 3. The third-order valence-corrected chi connectivity index (χ3v) is 6.35. The summed E-state index contributed by atoms with van der Waals surface area (Å²) in [6.07, 6.45) is 0.725. The van der Waals surface area contributed by atoms with E-state index in [0.29, 0.717) is 60.2 Å². The van der Waals surface area contributed by atoms with Gasteiger partial charge in [0.05, 0.1) is 17.7 Å². The van der Waals surface area contributed by atoms with Gasteiger partial charge < -0.3 is 31.9 Å². The fraction of sp³-hybridized carbons (Fsp3) is 0.348. The van der Waals surface area contributed by atoms with Crippen molar-refractivity contribution in [3.8, 4) is 0 Å². The Balaban J connectivity index is 0.00000118. The number of nitrogens with one attached hydrogen (secondary N) is 2. The number of carbonyl (C=O) groups is 5. The van der Waals surface area contributed by atoms with Gasteiger partial charge >= 0.3 is 12.2 Å². The fourth-order valence-electron chi connectivity index (χ4n) is 3.58. The molecule has 15 heteroatoms. The molecule has 1 aromatic heterocycles. The van der Waals surface area contributed by atoms with E-state index >= 15 is 0 Å². The Morgan fingerprint density at radius 3 is 2.24 bits per heavy atom. The van der Waals surface area contributed by atoms with Crippen LogP contribution in [-0.4, -0.2) is 69.4 Å². The highest BCUT2D eigenvalue weighted by atomic mass is 32.1. The predicted molar refractivity (Wildman–Crippen MR) is 140 cm³/mol. The molecule has 0 spiro atoms. The third kappa shape index (κ3) is 9.85. The average Bonchev–Trinajstić information content (AvgIpc) is 3.24. The number of thiazole rings is 1. The number of hydrogen-bond acceptors (Lipinski definition) is 8. The number of aryl methyl sites for hydroxylation is 2. The lowest BCUT2D eigenvalue weighted by atomic mass is 9.96. The molecule has 2 heterocycles. The van der Waals surface area contributed by atoms with E-state index in [2.05, 4.69) is 26.3 Å². The molecule has 0 atom stereocenters. The van der Waals surface area contributed by atoms with E-state index in [4.69, 9.17) is 20.7 Å². The Bertz CT molecular complexity index is 1190. The van der Waals surface area contributed by atoms with Crippen molar-refractivity contribution in [2.75, 3.05) is 18.4 Å². The molecule has 3 rings (SSSR count). The van der Waals surface area contributed by atoms with Crippen LogP contribution >= 0.6 is 11.3 Å². The Labute approximate surface area is 221 Å². The number of rotatable bonds is 8. The van der Waals surface area contributed by atoms with Crippen LogP contribution in [0.25, 0.3) is 0 Å². The molecule has 0 radical (unpaired) electrons. The van der Waals surface area contributed by atoms with Crippen LogP contribution in [-0.2, 0) is 22.4 Å². The van der Waals surface area contributed by atoms with Gasteiger partial charge in [-0.3, -0.25) is 19.7 Å². The number of aromatic nitrogens is 1. The fourth-order valence-corrected chi connectivity index (χ4v) is 4.60. The minimum Gasteiger partial charge on any atom is -0.465 e. The van der Waals surface area contributed by atoms with E-state index in [9.17, 15) is 19.2 Å². The molecule has 5 amide bonds. The molecule has 0 saturated carbocycles. The second-order valence-electron chi connectivity index (χ2n) is 8.16. The smallest absolute Gasteiger partial charge is 0.409 e. The van der Waals surface area contributed by atoms with Gasteiger partial charge in [-0.25, -0.2) is 19.6 Å². The number of piperidine rings is 1. The van der Waals surface area contributed by atoms with Crippen LogP contribution in [0.5, 0.6) is 0 Å². The van der Waals surface area contributed by atoms with Crippen molar-refractivity contribution in [1.82, 2.24) is 15.2 Å². The van der Waals surface area contributed by atoms with Gasteiger partial charge in [-0.05, 0) is 43.4 Å². The van der Waals surface area contributed by atoms with Crippen LogP contribution in [0.3, 0.4) is 0 Å². The third-order valence-electron chi connectivity index (χ3n) is 5.35. The van der Waals surface area contributed by atoms with Crippen LogP contribution in [0.2, 0.25) is 0 Å². The largest absolute Gasteiger partial charge is 0.465 e. The maximum atomic E-state index is 13.2. The number of hydrogen-bond donors (Lipinski definition) is 6. The Hall–Kier alpha value is -4.53. The number of primary amides is 2. The molecule has 38 heavy (non-hydrogen) atoms. The molecule has 0 unspecified atom stereocenters. The molecule has 1 aliphatic heterocycles. The first-order valence-corrected chi connectivity index (χ1v) is 12.2. The topological polar surface area (TPSA) is 230 Å². The van der Waals surface area contributed by atoms with E-state index in [1.807, 2.05) is 12.1 Å². The lowest BCUT2D eigenvalue weighted by Crippen LogP contribution is -2.41. The number of aliphatic imine (C=N–C) groups is 1. The van der Waals surface area contributed by atoms with E-state index in [0.717, 1.165) is 23.2 Å². The van der Waals surface area contributed by atoms with Crippen LogP contribution in [0.15, 0.2) is 29.3 Å². The Morgan fingerprint density at radius 1 is 1.11 bits per heavy atom. The van der Waals surface area contributed by atoms with Crippen molar-refractivity contribution >= 4 is 58.4 Å². The molecule has 0 aliphatic carbocycles. The van der Waals surface area contributed by atoms with Crippen LogP contribution in [0.1, 0.15) is 40.7 Å². The van der Waals surface area contributed by atoms with E-state index in [-0.39, 0.29) is 23.6 Å². The van der Waals surface area contributed by atoms with Crippen LogP contribution in [0.4, 0.5) is 20.4 Å². The van der Waals surface area contributed by atoms with Gasteiger partial charge in [-0.15, -0.1) is 0 Å². The lowest BCUT2D eigenvalue weighted by Gasteiger charge is -2.30. The summed E-state index contributed by atoms with van der Waals surface area (Å²) in [4.78, 5) is 66.0. The Kier molecular flexibility index (Phi) is 11.2. The Morgan fingerprint density at radius 2 is 1.71 bits per heavy atom. The summed E-state index contributed by atoms with van der Waals surface area (Å²) in [5.74, 6) is -0.988. The highest BCUT2D eigenvalue weighted by molar-refractivity contribution is 7.17. The number of likely N-dealkylation sites (tertiary alicyclic amines) is 1. The number of carboxylic acid groups (broad SMARTS) is 2. The standard InChI is InChI=1S/C22H26N6O5S.CH3NO2/c1-13(29)26-21-27-17(7-4-14-2-5-16(6-3-14)24-12-25-22(32)33)18(34-21)20(31)28-10-8-15(9-11-28)19(23)30;2-1(3)4/h2-3,5-6,12,15H,4,7-11H2,1H3,(H2,23,30)(H,24,25)(H,32,33)(H,26,27,29);2H2,(H,3,4). The van der Waals surface area contributed by atoms with Crippen molar-refractivity contribution < 1.29 is 34.2 Å². The second kappa shape index (κ2) is 14.3. The van der Waals surface area contributed by atoms with Gasteiger partial charge in [0, 0.05) is 25.9 Å². The highest BCUT2D eigenvalue weighted by Gasteiger charge is 2.29. The summed E-state index contributed by atoms with van der Waals surface area (Å²) >= 11 is 1.15. The lowest BCUT2D eigenvalue weighted by molar-refractivity contribution is -0.123. The normalized spacial score (nSPS) is 13.3. The minimum absolute atomic E-state index is 0.164. The first-order valence-electron chi connectivity index (χ1n) is 11.4. The zero-order valence-electron chi connectivity index (χ0n) is 20.5. The predicted octanol–water partition coefficient (Wildman–Crippen LogP) is 1.77. The summed E-state index contributed by atoms with van der Waals surface area (Å²) in [6.45, 7) is 2.27. The second-order valence-corrected chi connectivity index (χ2v) is 9.16. The van der Waals surface area contributed by atoms with E-state index in [1.54, 1.807) is 17.0 Å². The van der Waals surface area contributed by atoms with Crippen molar-refractivity contribution in [3.05, 3.63) is 40.4 Å². The first kappa shape index (κ1) is 29.7. The van der Waals surface area contributed by atoms with Crippen molar-refractivity contribution in [2.24, 2.45) is 22.4 Å². The first-order chi connectivity index (χ1) is 18.0. The summed E-state index contributed by atoms with van der Waals surface area (Å²) < 4.78 is 0. The zero-order chi connectivity index (χ0) is 28.2. The van der Waals surface area contributed by atoms with Gasteiger partial charge in [0.1, 0.15) is 4.88 Å². The van der Waals surface area contributed by atoms with Crippen LogP contribution in [0, 0.1) is 5.92 Å². The molecule has 2 aromatic rings. The van der Waals surface area contributed by atoms with Crippen molar-refractivity contribution in [2.45, 2.75) is 32.6 Å². The quantitative estimate of drug-likeness (QED) is 0.210. The highest BCUT2D eigenvalue weighted by Crippen LogP contribution is 2.28. The maximum absolute atomic E-state index is 13.2. The molecule has 1 fully saturated rings. The number of nitrogens with zero attached hydrogens (tertiary/aromatic N) is 3. The summed E-state index contributed by atoms with van der Waals surface area (Å²) in [5.41, 5.74) is 11.6. The number of anilines is 1. The zero-order valence-corrected chi connectivity index (χ0v) is 21.4. The van der Waals surface area contributed by atoms with Gasteiger partial charge in [0.2, 0.25) is 11.8 Å². The molecule has 1 aliphatic rings. The van der Waals surface area contributed by atoms with Crippen LogP contribution < -0.4 is 22.1 Å². The van der Waals surface area contributed by atoms with Gasteiger partial charge in [0.15, 0.2) is 5.13 Å². The average molecular weight is 548 g/mol.